The van der Waals surface area contributed by atoms with E-state index in [4.69, 9.17) is 0 Å². The van der Waals surface area contributed by atoms with Gasteiger partial charge in [0.05, 0.1) is 0 Å². The van der Waals surface area contributed by atoms with Crippen LogP contribution in [0.4, 0.5) is 0 Å². The van der Waals surface area contributed by atoms with Crippen LogP contribution in [0.25, 0.3) is 0 Å². The molecule has 1 rings (SSSR count). The van der Waals surface area contributed by atoms with Gasteiger partial charge in [-0.3, -0.25) is 9.69 Å². The summed E-state index contributed by atoms with van der Waals surface area (Å²) in [6.07, 6.45) is 5.42. The van der Waals surface area contributed by atoms with Crippen LogP contribution >= 0.6 is 0 Å². The van der Waals surface area contributed by atoms with Crippen LogP contribution < -0.4 is 0 Å². The molecule has 14 heavy (non-hydrogen) atoms. The van der Waals surface area contributed by atoms with E-state index in [1.54, 1.807) is 6.92 Å². The normalized spacial score (nSPS) is 22.4. The van der Waals surface area contributed by atoms with Gasteiger partial charge in [-0.05, 0) is 40.2 Å². The average Bonchev–Trinajstić information content (AvgIpc) is 2.47. The Hall–Kier alpha value is -0.630. The van der Waals surface area contributed by atoms with Gasteiger partial charge in [0.25, 0.3) is 0 Å². The van der Waals surface area contributed by atoms with Crippen LogP contribution in [0, 0.1) is 0 Å². The molecular weight excluding hydrogens is 174 g/mol. The fraction of sp³-hybridized carbons (Fsp3) is 0.750. The van der Waals surface area contributed by atoms with E-state index in [1.165, 1.54) is 18.4 Å². The van der Waals surface area contributed by atoms with Crippen molar-refractivity contribution in [2.75, 3.05) is 13.1 Å². The SMILES string of the molecule is CC(=O)CC1CCCN1CC=C(C)C. The summed E-state index contributed by atoms with van der Waals surface area (Å²) in [5.74, 6) is 0.319. The van der Waals surface area contributed by atoms with Crippen molar-refractivity contribution in [1.82, 2.24) is 4.90 Å². The first kappa shape index (κ1) is 11.4. The molecule has 0 aliphatic carbocycles. The highest BCUT2D eigenvalue weighted by molar-refractivity contribution is 5.76. The Labute approximate surface area is 87.0 Å². The van der Waals surface area contributed by atoms with E-state index in [-0.39, 0.29) is 0 Å². The first-order chi connectivity index (χ1) is 6.59. The lowest BCUT2D eigenvalue weighted by molar-refractivity contribution is -0.117. The monoisotopic (exact) mass is 195 g/mol. The summed E-state index contributed by atoms with van der Waals surface area (Å²) < 4.78 is 0. The second-order valence-corrected chi connectivity index (χ2v) is 4.48. The molecule has 1 heterocycles. The van der Waals surface area contributed by atoms with Crippen molar-refractivity contribution < 1.29 is 4.79 Å². The zero-order chi connectivity index (χ0) is 10.6. The zero-order valence-electron chi connectivity index (χ0n) is 9.55. The molecule has 0 amide bonds. The number of allylic oxidation sites excluding steroid dienone is 1. The Balaban J connectivity index is 2.43. The van der Waals surface area contributed by atoms with E-state index < -0.39 is 0 Å². The standard InChI is InChI=1S/C12H21NO/c1-10(2)6-8-13-7-4-5-12(13)9-11(3)14/h6,12H,4-5,7-9H2,1-3H3. The lowest BCUT2D eigenvalue weighted by atomic mass is 10.1. The van der Waals surface area contributed by atoms with Gasteiger partial charge in [-0.2, -0.15) is 0 Å². The summed E-state index contributed by atoms with van der Waals surface area (Å²) in [6.45, 7) is 8.10. The molecule has 0 radical (unpaired) electrons. The minimum atomic E-state index is 0.319. The van der Waals surface area contributed by atoms with Crippen molar-refractivity contribution in [3.05, 3.63) is 11.6 Å². The van der Waals surface area contributed by atoms with Gasteiger partial charge < -0.3 is 0 Å². The van der Waals surface area contributed by atoms with Gasteiger partial charge in [0.15, 0.2) is 0 Å². The van der Waals surface area contributed by atoms with Crippen LogP contribution in [0.15, 0.2) is 11.6 Å². The molecule has 0 bridgehead atoms. The average molecular weight is 195 g/mol. The molecule has 0 saturated carbocycles. The van der Waals surface area contributed by atoms with E-state index in [1.807, 2.05) is 0 Å². The largest absolute Gasteiger partial charge is 0.300 e. The van der Waals surface area contributed by atoms with Crippen molar-refractivity contribution >= 4 is 5.78 Å². The predicted octanol–water partition coefficient (Wildman–Crippen LogP) is 2.40. The van der Waals surface area contributed by atoms with Gasteiger partial charge in [0, 0.05) is 19.0 Å². The predicted molar refractivity (Wildman–Crippen MR) is 59.3 cm³/mol. The Morgan fingerprint density at radius 3 is 2.71 bits per heavy atom. The van der Waals surface area contributed by atoms with Crippen LogP contribution in [-0.2, 0) is 4.79 Å². The third-order valence-corrected chi connectivity index (χ3v) is 2.76. The summed E-state index contributed by atoms with van der Waals surface area (Å²) >= 11 is 0. The molecule has 1 saturated heterocycles. The smallest absolute Gasteiger partial charge is 0.131 e. The Kier molecular flexibility index (Phi) is 4.33. The highest BCUT2D eigenvalue weighted by Crippen LogP contribution is 2.20. The zero-order valence-corrected chi connectivity index (χ0v) is 9.55. The lowest BCUT2D eigenvalue weighted by Gasteiger charge is -2.22. The summed E-state index contributed by atoms with van der Waals surface area (Å²) in [6, 6.07) is 0.503. The second kappa shape index (κ2) is 5.30. The second-order valence-electron chi connectivity index (χ2n) is 4.48. The molecule has 1 unspecified atom stereocenters. The van der Waals surface area contributed by atoms with Crippen molar-refractivity contribution in [2.45, 2.75) is 46.1 Å². The van der Waals surface area contributed by atoms with Crippen molar-refractivity contribution in [3.8, 4) is 0 Å². The third-order valence-electron chi connectivity index (χ3n) is 2.76. The molecule has 0 aromatic heterocycles. The Morgan fingerprint density at radius 2 is 2.14 bits per heavy atom. The first-order valence-electron chi connectivity index (χ1n) is 5.46. The number of rotatable bonds is 4. The molecule has 0 aromatic rings. The molecule has 1 atom stereocenters. The highest BCUT2D eigenvalue weighted by atomic mass is 16.1. The quantitative estimate of drug-likeness (QED) is 0.642. The van der Waals surface area contributed by atoms with Gasteiger partial charge in [-0.25, -0.2) is 0 Å². The lowest BCUT2D eigenvalue weighted by Crippen LogP contribution is -2.31. The van der Waals surface area contributed by atoms with E-state index >= 15 is 0 Å². The molecule has 0 aromatic carbocycles. The van der Waals surface area contributed by atoms with E-state index in [0.29, 0.717) is 11.8 Å². The van der Waals surface area contributed by atoms with Crippen LogP contribution in [-0.4, -0.2) is 29.8 Å². The van der Waals surface area contributed by atoms with Crippen LogP contribution in [0.1, 0.15) is 40.0 Å². The van der Waals surface area contributed by atoms with Gasteiger partial charge in [0.2, 0.25) is 0 Å². The molecule has 1 aliphatic heterocycles. The fourth-order valence-corrected chi connectivity index (χ4v) is 2.00. The summed E-state index contributed by atoms with van der Waals surface area (Å²) in [4.78, 5) is 13.5. The van der Waals surface area contributed by atoms with Crippen molar-refractivity contribution in [2.24, 2.45) is 0 Å². The molecule has 80 valence electrons. The summed E-state index contributed by atoms with van der Waals surface area (Å²) in [5, 5.41) is 0. The number of likely N-dealkylation sites (tertiary alicyclic amines) is 1. The number of hydrogen-bond donors (Lipinski definition) is 0. The van der Waals surface area contributed by atoms with Crippen LogP contribution in [0.5, 0.6) is 0 Å². The number of Topliss-reactive ketones (excluding diaryl/α,β-unsaturated/α-hetero) is 1. The number of nitrogens with zero attached hydrogens (tertiary/aromatic N) is 1. The van der Waals surface area contributed by atoms with Gasteiger partial charge in [0.1, 0.15) is 5.78 Å². The molecule has 1 fully saturated rings. The highest BCUT2D eigenvalue weighted by Gasteiger charge is 2.24. The topological polar surface area (TPSA) is 20.3 Å². The molecular formula is C12H21NO. The minimum absolute atomic E-state index is 0.319. The van der Waals surface area contributed by atoms with Crippen molar-refractivity contribution in [3.63, 3.8) is 0 Å². The summed E-state index contributed by atoms with van der Waals surface area (Å²) in [7, 11) is 0. The number of carbonyl (C=O) groups excluding carboxylic acids is 1. The molecule has 1 aliphatic rings. The van der Waals surface area contributed by atoms with Crippen LogP contribution in [0.3, 0.4) is 0 Å². The molecule has 2 nitrogen and oxygen atoms in total. The van der Waals surface area contributed by atoms with Crippen LogP contribution in [0.2, 0.25) is 0 Å². The minimum Gasteiger partial charge on any atom is -0.300 e. The Bertz CT molecular complexity index is 228. The maximum Gasteiger partial charge on any atom is 0.131 e. The fourth-order valence-electron chi connectivity index (χ4n) is 2.00. The Morgan fingerprint density at radius 1 is 1.43 bits per heavy atom. The first-order valence-corrected chi connectivity index (χ1v) is 5.46. The van der Waals surface area contributed by atoms with Gasteiger partial charge >= 0.3 is 0 Å². The van der Waals surface area contributed by atoms with Gasteiger partial charge in [-0.1, -0.05) is 11.6 Å². The van der Waals surface area contributed by atoms with E-state index in [2.05, 4.69) is 24.8 Å². The maximum absolute atomic E-state index is 11.0. The van der Waals surface area contributed by atoms with E-state index in [9.17, 15) is 4.79 Å². The summed E-state index contributed by atoms with van der Waals surface area (Å²) in [5.41, 5.74) is 1.36. The number of carbonyl (C=O) groups is 1. The third kappa shape index (κ3) is 3.62. The van der Waals surface area contributed by atoms with Gasteiger partial charge in [-0.15, -0.1) is 0 Å². The molecule has 0 spiro atoms. The maximum atomic E-state index is 11.0. The van der Waals surface area contributed by atoms with Crippen molar-refractivity contribution in [1.29, 1.82) is 0 Å². The molecule has 2 heteroatoms. The molecule has 0 N–H and O–H groups in total. The van der Waals surface area contributed by atoms with E-state index in [0.717, 1.165) is 19.5 Å². The number of ketones is 1. The number of hydrogen-bond acceptors (Lipinski definition) is 2.